The molecule has 6 aromatic rings. The van der Waals surface area contributed by atoms with Crippen LogP contribution in [0.5, 0.6) is 11.5 Å². The molecule has 0 aliphatic rings. The third-order valence-electron chi connectivity index (χ3n) is 9.83. The van der Waals surface area contributed by atoms with Crippen LogP contribution in [0, 0.1) is 11.6 Å². The first-order valence-electron chi connectivity index (χ1n) is 20.3. The summed E-state index contributed by atoms with van der Waals surface area (Å²) in [6.45, 7) is 8.46. The van der Waals surface area contributed by atoms with E-state index in [-0.39, 0.29) is 53.4 Å². The minimum atomic E-state index is -0.678. The molecule has 0 spiro atoms. The fourth-order valence-electron chi connectivity index (χ4n) is 6.41. The van der Waals surface area contributed by atoms with Crippen molar-refractivity contribution in [1.82, 2.24) is 30.2 Å². The molecule has 2 amide bonds. The number of primary amides is 2. The molecule has 0 saturated carbocycles. The molecule has 0 fully saturated rings. The van der Waals surface area contributed by atoms with Gasteiger partial charge in [0.05, 0.1) is 72.1 Å². The Morgan fingerprint density at radius 3 is 1.65 bits per heavy atom. The van der Waals surface area contributed by atoms with Crippen LogP contribution in [0.3, 0.4) is 0 Å². The molecule has 6 rings (SSSR count). The Balaban J connectivity index is 0.000000244. The monoisotopic (exact) mass is 936 g/mol. The number of carbonyl (C=O) groups excluding carboxylic acids is 2. The lowest BCUT2D eigenvalue weighted by Gasteiger charge is -2.27. The van der Waals surface area contributed by atoms with Crippen LogP contribution < -0.4 is 36.9 Å². The van der Waals surface area contributed by atoms with Gasteiger partial charge in [-0.25, -0.2) is 28.7 Å². The molecule has 0 saturated heterocycles. The average Bonchev–Trinajstić information content (AvgIpc) is 3.26. The number of methoxy groups -OCH3 is 2. The number of hydrogen-bond donors (Lipinski definition) is 5. The zero-order valence-corrected chi connectivity index (χ0v) is 38.4. The minimum absolute atomic E-state index is 0.000954. The molecule has 0 aliphatic carbocycles. The van der Waals surface area contributed by atoms with Gasteiger partial charge < -0.3 is 41.0 Å². The number of nitrogens with one attached hydrogen (secondary N) is 3. The highest BCUT2D eigenvalue weighted by atomic mass is 35.5. The quantitative estimate of drug-likeness (QED) is 0.0504. The fraction of sp³-hybridized carbons (Fsp3) is 0.333. The lowest BCUT2D eigenvalue weighted by atomic mass is 10.1. The van der Waals surface area contributed by atoms with E-state index in [1.54, 1.807) is 62.6 Å². The lowest BCUT2D eigenvalue weighted by molar-refractivity contribution is -0.126. The number of nitrogens with two attached hydrogens (primary N) is 2. The number of rotatable bonds is 20. The molecule has 0 bridgehead atoms. The van der Waals surface area contributed by atoms with E-state index in [9.17, 15) is 18.4 Å². The maximum atomic E-state index is 14.4. The number of fused-ring (bicyclic) bond motifs is 2. The van der Waals surface area contributed by atoms with Crippen molar-refractivity contribution >= 4 is 79.8 Å². The van der Waals surface area contributed by atoms with Crippen LogP contribution in [0.2, 0.25) is 10.0 Å². The van der Waals surface area contributed by atoms with Gasteiger partial charge in [0.1, 0.15) is 47.9 Å². The Morgan fingerprint density at radius 2 is 1.18 bits per heavy atom. The summed E-state index contributed by atoms with van der Waals surface area (Å²) in [5.74, 6) is -0.207. The largest absolute Gasteiger partial charge is 0.496 e. The first-order valence-corrected chi connectivity index (χ1v) is 21.1. The van der Waals surface area contributed by atoms with Crippen molar-refractivity contribution in [2.24, 2.45) is 11.5 Å². The number of benzene rings is 4. The van der Waals surface area contributed by atoms with Gasteiger partial charge in [0.15, 0.2) is 11.6 Å². The van der Waals surface area contributed by atoms with E-state index in [1.165, 1.54) is 24.8 Å². The molecule has 346 valence electrons. The molecule has 65 heavy (non-hydrogen) atoms. The van der Waals surface area contributed by atoms with Crippen LogP contribution >= 0.6 is 23.2 Å². The van der Waals surface area contributed by atoms with Crippen molar-refractivity contribution in [3.05, 3.63) is 106 Å². The van der Waals surface area contributed by atoms with Crippen LogP contribution in [0.4, 0.5) is 31.8 Å². The lowest BCUT2D eigenvalue weighted by Crippen LogP contribution is -2.45. The van der Waals surface area contributed by atoms with Crippen LogP contribution in [-0.4, -0.2) is 95.4 Å². The van der Waals surface area contributed by atoms with E-state index in [4.69, 9.17) is 53.6 Å². The topological polar surface area (TPSA) is 214 Å². The molecular formula is C45H52Cl2F2N10O6. The Kier molecular flexibility index (Phi) is 17.9. The highest BCUT2D eigenvalue weighted by Crippen LogP contribution is 2.34. The van der Waals surface area contributed by atoms with E-state index in [1.807, 2.05) is 39.8 Å². The smallest absolute Gasteiger partial charge is 0.237 e. The molecule has 0 unspecified atom stereocenters. The van der Waals surface area contributed by atoms with Gasteiger partial charge in [-0.1, -0.05) is 35.3 Å². The number of carbonyl (C=O) groups is 2. The molecule has 7 N–H and O–H groups in total. The highest BCUT2D eigenvalue weighted by Gasteiger charge is 2.24. The summed E-state index contributed by atoms with van der Waals surface area (Å²) in [5.41, 5.74) is 14.2. The van der Waals surface area contributed by atoms with Crippen molar-refractivity contribution in [3.8, 4) is 11.5 Å². The van der Waals surface area contributed by atoms with Gasteiger partial charge >= 0.3 is 0 Å². The van der Waals surface area contributed by atoms with Crippen molar-refractivity contribution < 1.29 is 37.3 Å². The second kappa shape index (κ2) is 23.3. The van der Waals surface area contributed by atoms with E-state index in [2.05, 4.69) is 35.9 Å². The fourth-order valence-corrected chi connectivity index (χ4v) is 6.76. The SMILES string of the molecule is COc1cc2ncnc(Nc3cccc(Cl)c3F)c2cc1CN(C)[C@@H](COC(C)C)C(N)=O.COc1cc2ncnc(Nc3cccc(Cl)c3F)c2cc1CN[C@@H](COC(C)C)C(N)=O. The Morgan fingerprint density at radius 1 is 0.708 bits per heavy atom. The van der Waals surface area contributed by atoms with Crippen molar-refractivity contribution in [1.29, 1.82) is 0 Å². The van der Waals surface area contributed by atoms with Crippen LogP contribution in [0.25, 0.3) is 21.8 Å². The molecule has 16 nitrogen and oxygen atoms in total. The number of aromatic nitrogens is 4. The summed E-state index contributed by atoms with van der Waals surface area (Å²) in [4.78, 5) is 42.7. The van der Waals surface area contributed by atoms with E-state index < -0.39 is 35.5 Å². The zero-order chi connectivity index (χ0) is 47.4. The van der Waals surface area contributed by atoms with E-state index in [0.717, 1.165) is 11.1 Å². The summed E-state index contributed by atoms with van der Waals surface area (Å²) in [6, 6.07) is 15.2. The van der Waals surface area contributed by atoms with Crippen LogP contribution in [0.1, 0.15) is 38.8 Å². The van der Waals surface area contributed by atoms with Crippen molar-refractivity contribution in [2.75, 3.05) is 45.1 Å². The molecule has 20 heteroatoms. The number of halogens is 4. The molecular weight excluding hydrogens is 885 g/mol. The summed E-state index contributed by atoms with van der Waals surface area (Å²) in [5, 5.41) is 10.3. The molecule has 0 radical (unpaired) electrons. The Hall–Kier alpha value is -6.02. The van der Waals surface area contributed by atoms with Crippen LogP contribution in [0.15, 0.2) is 73.3 Å². The van der Waals surface area contributed by atoms with Gasteiger partial charge in [-0.3, -0.25) is 19.8 Å². The number of likely N-dealkylation sites (N-methyl/N-ethyl adjacent to an activating group) is 1. The van der Waals surface area contributed by atoms with Gasteiger partial charge in [-0.2, -0.15) is 0 Å². The predicted molar refractivity (Wildman–Crippen MR) is 248 cm³/mol. The highest BCUT2D eigenvalue weighted by molar-refractivity contribution is 6.31. The predicted octanol–water partition coefficient (Wildman–Crippen LogP) is 7.43. The third kappa shape index (κ3) is 13.3. The molecule has 4 aromatic carbocycles. The third-order valence-corrected chi connectivity index (χ3v) is 10.4. The first kappa shape index (κ1) is 50.0. The van der Waals surface area contributed by atoms with Crippen molar-refractivity contribution in [3.63, 3.8) is 0 Å². The number of hydrogen-bond acceptors (Lipinski definition) is 14. The van der Waals surface area contributed by atoms with Crippen molar-refractivity contribution in [2.45, 2.75) is 65.1 Å². The maximum absolute atomic E-state index is 14.4. The van der Waals surface area contributed by atoms with Gasteiger partial charge in [-0.05, 0) is 71.1 Å². The maximum Gasteiger partial charge on any atom is 0.237 e. The molecule has 2 aromatic heterocycles. The number of ether oxygens (including phenoxy) is 4. The second-order valence-corrected chi connectivity index (χ2v) is 16.0. The van der Waals surface area contributed by atoms with Gasteiger partial charge in [0.25, 0.3) is 0 Å². The van der Waals surface area contributed by atoms with E-state index in [0.29, 0.717) is 51.5 Å². The molecule has 0 aliphatic heterocycles. The number of nitrogens with zero attached hydrogens (tertiary/aromatic N) is 5. The number of amides is 2. The molecule has 2 heterocycles. The first-order chi connectivity index (χ1) is 31.0. The average molecular weight is 938 g/mol. The summed E-state index contributed by atoms with van der Waals surface area (Å²) >= 11 is 11.8. The minimum Gasteiger partial charge on any atom is -0.496 e. The number of anilines is 4. The molecule has 2 atom stereocenters. The van der Waals surface area contributed by atoms with Gasteiger partial charge in [0, 0.05) is 47.1 Å². The second-order valence-electron chi connectivity index (χ2n) is 15.2. The van der Waals surface area contributed by atoms with Gasteiger partial charge in [-0.15, -0.1) is 0 Å². The Labute approximate surface area is 385 Å². The summed E-state index contributed by atoms with van der Waals surface area (Å²) in [7, 11) is 4.88. The van der Waals surface area contributed by atoms with Gasteiger partial charge in [0.2, 0.25) is 11.8 Å². The van der Waals surface area contributed by atoms with E-state index >= 15 is 0 Å². The summed E-state index contributed by atoms with van der Waals surface area (Å²) in [6.07, 6.45) is 2.68. The zero-order valence-electron chi connectivity index (χ0n) is 36.9. The van der Waals surface area contributed by atoms with Crippen LogP contribution in [-0.2, 0) is 32.2 Å². The normalized spacial score (nSPS) is 12.3. The standard InChI is InChI=1S/C23H27ClFN5O3.C22H25ClFN5O3/c1-13(2)33-11-19(22(26)31)30(3)10-14-8-15-18(9-20(14)32-4)27-12-28-23(15)29-17-7-5-6-16(24)21(17)25;1-12(2)32-10-18(21(25)30)26-9-13-7-14-17(8-19(13)31-3)27-11-28-22(14)29-16-6-4-5-15(23)20(16)24/h5-9,12-13,19H,10-11H2,1-4H3,(H2,26,31)(H,27,28,29);4-8,11-12,18,26H,9-10H2,1-3H3,(H2,25,30)(H,27,28,29)/t19-;18-/m00/s1. The summed E-state index contributed by atoms with van der Waals surface area (Å²) < 4.78 is 51.0. The Bertz CT molecular complexity index is 2610.